The standard InChI is InChI=1S/C12H16N4O4S/c1-4-16-11(14-15-12(16)21(13,17)18)8-6-5-7-9(19-2)10(8)20-3/h5-7H,4H2,1-3H3,(H2,13,17,18). The van der Waals surface area contributed by atoms with E-state index in [9.17, 15) is 8.42 Å². The predicted octanol–water partition coefficient (Wildman–Crippen LogP) is 0.630. The Morgan fingerprint density at radius 2 is 1.95 bits per heavy atom. The number of benzene rings is 1. The van der Waals surface area contributed by atoms with Crippen LogP contribution in [-0.2, 0) is 16.6 Å². The van der Waals surface area contributed by atoms with Crippen molar-refractivity contribution in [3.63, 3.8) is 0 Å². The van der Waals surface area contributed by atoms with Crippen LogP contribution in [0.25, 0.3) is 11.4 Å². The highest BCUT2D eigenvalue weighted by Crippen LogP contribution is 2.37. The third-order valence-electron chi connectivity index (χ3n) is 2.93. The molecule has 2 rings (SSSR count). The van der Waals surface area contributed by atoms with Crippen LogP contribution in [0.1, 0.15) is 6.92 Å². The van der Waals surface area contributed by atoms with Crippen molar-refractivity contribution < 1.29 is 17.9 Å². The molecule has 0 bridgehead atoms. The number of aromatic nitrogens is 3. The van der Waals surface area contributed by atoms with Gasteiger partial charge in [-0.15, -0.1) is 10.2 Å². The molecule has 8 nitrogen and oxygen atoms in total. The molecule has 1 aromatic heterocycles. The monoisotopic (exact) mass is 312 g/mol. The van der Waals surface area contributed by atoms with Gasteiger partial charge in [-0.2, -0.15) is 0 Å². The van der Waals surface area contributed by atoms with E-state index in [0.29, 0.717) is 29.4 Å². The first-order valence-electron chi connectivity index (χ1n) is 6.11. The van der Waals surface area contributed by atoms with Gasteiger partial charge in [0, 0.05) is 6.54 Å². The van der Waals surface area contributed by atoms with E-state index in [-0.39, 0.29) is 5.16 Å². The van der Waals surface area contributed by atoms with E-state index in [1.54, 1.807) is 25.1 Å². The van der Waals surface area contributed by atoms with Gasteiger partial charge in [-0.3, -0.25) is 4.57 Å². The molecular weight excluding hydrogens is 296 g/mol. The van der Waals surface area contributed by atoms with Crippen LogP contribution >= 0.6 is 0 Å². The summed E-state index contributed by atoms with van der Waals surface area (Å²) >= 11 is 0. The summed E-state index contributed by atoms with van der Waals surface area (Å²) in [5, 5.41) is 12.5. The minimum absolute atomic E-state index is 0.287. The summed E-state index contributed by atoms with van der Waals surface area (Å²) < 4.78 is 35.0. The van der Waals surface area contributed by atoms with E-state index in [2.05, 4.69) is 10.2 Å². The lowest BCUT2D eigenvalue weighted by atomic mass is 10.1. The second-order valence-electron chi connectivity index (χ2n) is 4.14. The zero-order valence-corrected chi connectivity index (χ0v) is 12.7. The summed E-state index contributed by atoms with van der Waals surface area (Å²) in [5.41, 5.74) is 0.570. The van der Waals surface area contributed by atoms with Gasteiger partial charge in [0.1, 0.15) is 0 Å². The fourth-order valence-electron chi connectivity index (χ4n) is 2.05. The number of nitrogens with two attached hydrogens (primary N) is 1. The molecule has 0 aliphatic rings. The third kappa shape index (κ3) is 2.69. The number of para-hydroxylation sites is 1. The number of rotatable bonds is 5. The average molecular weight is 312 g/mol. The minimum atomic E-state index is -3.95. The summed E-state index contributed by atoms with van der Waals surface area (Å²) in [7, 11) is -0.940. The van der Waals surface area contributed by atoms with Gasteiger partial charge in [-0.05, 0) is 19.1 Å². The first-order valence-corrected chi connectivity index (χ1v) is 7.66. The normalized spacial score (nSPS) is 11.4. The Morgan fingerprint density at radius 1 is 1.24 bits per heavy atom. The van der Waals surface area contributed by atoms with Crippen molar-refractivity contribution >= 4 is 10.0 Å². The van der Waals surface area contributed by atoms with E-state index >= 15 is 0 Å². The maximum atomic E-state index is 11.5. The van der Waals surface area contributed by atoms with Crippen molar-refractivity contribution in [1.29, 1.82) is 0 Å². The topological polar surface area (TPSA) is 109 Å². The number of hydrogen-bond donors (Lipinski definition) is 1. The predicted molar refractivity (Wildman–Crippen MR) is 75.6 cm³/mol. The van der Waals surface area contributed by atoms with E-state index < -0.39 is 10.0 Å². The van der Waals surface area contributed by atoms with E-state index in [1.807, 2.05) is 0 Å². The van der Waals surface area contributed by atoms with Crippen LogP contribution in [0.4, 0.5) is 0 Å². The van der Waals surface area contributed by atoms with E-state index in [1.165, 1.54) is 18.8 Å². The first-order chi connectivity index (χ1) is 9.93. The molecule has 21 heavy (non-hydrogen) atoms. The molecule has 114 valence electrons. The molecule has 0 radical (unpaired) electrons. The molecule has 2 aromatic rings. The smallest absolute Gasteiger partial charge is 0.273 e. The summed E-state index contributed by atoms with van der Waals surface area (Å²) in [6, 6.07) is 5.22. The summed E-state index contributed by atoms with van der Waals surface area (Å²) in [4.78, 5) is 0. The molecule has 0 saturated carbocycles. The molecule has 1 aromatic carbocycles. The molecular formula is C12H16N4O4S. The molecule has 9 heteroatoms. The quantitative estimate of drug-likeness (QED) is 0.867. The van der Waals surface area contributed by atoms with Gasteiger partial charge in [-0.1, -0.05) is 6.07 Å². The van der Waals surface area contributed by atoms with Crippen LogP contribution in [0, 0.1) is 0 Å². The lowest BCUT2D eigenvalue weighted by molar-refractivity contribution is 0.356. The molecule has 0 fully saturated rings. The molecule has 1 heterocycles. The molecule has 0 saturated heterocycles. The fraction of sp³-hybridized carbons (Fsp3) is 0.333. The number of nitrogens with zero attached hydrogens (tertiary/aromatic N) is 3. The highest BCUT2D eigenvalue weighted by Gasteiger charge is 2.23. The van der Waals surface area contributed by atoms with Gasteiger partial charge in [0.2, 0.25) is 0 Å². The van der Waals surface area contributed by atoms with Crippen LogP contribution in [-0.4, -0.2) is 37.4 Å². The largest absolute Gasteiger partial charge is 0.493 e. The molecule has 0 spiro atoms. The second-order valence-corrected chi connectivity index (χ2v) is 5.59. The third-order valence-corrected chi connectivity index (χ3v) is 3.74. The first kappa shape index (κ1) is 15.3. The van der Waals surface area contributed by atoms with Gasteiger partial charge in [0.15, 0.2) is 17.3 Å². The van der Waals surface area contributed by atoms with Crippen LogP contribution in [0.15, 0.2) is 23.4 Å². The summed E-state index contributed by atoms with van der Waals surface area (Å²) in [6.45, 7) is 2.11. The molecule has 0 aliphatic heterocycles. The Morgan fingerprint density at radius 3 is 2.48 bits per heavy atom. The zero-order valence-electron chi connectivity index (χ0n) is 11.9. The number of ether oxygens (including phenoxy) is 2. The molecule has 0 aliphatic carbocycles. The SMILES string of the molecule is CCn1c(-c2cccc(OC)c2OC)nnc1S(N)(=O)=O. The summed E-state index contributed by atoms with van der Waals surface area (Å²) in [6.07, 6.45) is 0. The second kappa shape index (κ2) is 5.70. The molecule has 0 unspecified atom stereocenters. The van der Waals surface area contributed by atoms with Crippen LogP contribution in [0.5, 0.6) is 11.5 Å². The molecule has 0 atom stereocenters. The Hall–Kier alpha value is -2.13. The van der Waals surface area contributed by atoms with E-state index in [4.69, 9.17) is 14.6 Å². The number of sulfonamides is 1. The van der Waals surface area contributed by atoms with Crippen molar-refractivity contribution in [3.8, 4) is 22.9 Å². The van der Waals surface area contributed by atoms with Crippen LogP contribution < -0.4 is 14.6 Å². The molecule has 0 amide bonds. The minimum Gasteiger partial charge on any atom is -0.493 e. The lowest BCUT2D eigenvalue weighted by Gasteiger charge is -2.13. The highest BCUT2D eigenvalue weighted by atomic mass is 32.2. The fourth-order valence-corrected chi connectivity index (χ4v) is 2.72. The van der Waals surface area contributed by atoms with E-state index in [0.717, 1.165) is 0 Å². The maximum absolute atomic E-state index is 11.5. The van der Waals surface area contributed by atoms with Gasteiger partial charge >= 0.3 is 0 Å². The van der Waals surface area contributed by atoms with Crippen molar-refractivity contribution in [2.24, 2.45) is 5.14 Å². The molecule has 2 N–H and O–H groups in total. The number of hydrogen-bond acceptors (Lipinski definition) is 6. The average Bonchev–Trinajstić information content (AvgIpc) is 2.89. The highest BCUT2D eigenvalue weighted by molar-refractivity contribution is 7.89. The van der Waals surface area contributed by atoms with Crippen molar-refractivity contribution in [2.75, 3.05) is 14.2 Å². The van der Waals surface area contributed by atoms with Gasteiger partial charge in [-0.25, -0.2) is 13.6 Å². The van der Waals surface area contributed by atoms with Gasteiger partial charge in [0.25, 0.3) is 15.2 Å². The maximum Gasteiger partial charge on any atom is 0.273 e. The Bertz CT molecular complexity index is 755. The van der Waals surface area contributed by atoms with Crippen LogP contribution in [0.2, 0.25) is 0 Å². The Balaban J connectivity index is 2.71. The number of methoxy groups -OCH3 is 2. The Kier molecular flexibility index (Phi) is 4.14. The Labute approximate surface area is 122 Å². The van der Waals surface area contributed by atoms with Crippen molar-refractivity contribution in [2.45, 2.75) is 18.6 Å². The zero-order chi connectivity index (χ0) is 15.6. The lowest BCUT2D eigenvalue weighted by Crippen LogP contribution is -2.18. The van der Waals surface area contributed by atoms with Crippen LogP contribution in [0.3, 0.4) is 0 Å². The van der Waals surface area contributed by atoms with Crippen molar-refractivity contribution in [1.82, 2.24) is 14.8 Å². The van der Waals surface area contributed by atoms with Gasteiger partial charge in [0.05, 0.1) is 19.8 Å². The van der Waals surface area contributed by atoms with Crippen molar-refractivity contribution in [3.05, 3.63) is 18.2 Å². The summed E-state index contributed by atoms with van der Waals surface area (Å²) in [5.74, 6) is 1.30. The number of primary sulfonamides is 1. The van der Waals surface area contributed by atoms with Gasteiger partial charge < -0.3 is 9.47 Å².